The van der Waals surface area contributed by atoms with Crippen LogP contribution in [0.2, 0.25) is 0 Å². The van der Waals surface area contributed by atoms with Crippen molar-refractivity contribution in [1.82, 2.24) is 18.7 Å². The molecule has 0 fully saturated rings. The SMILES string of the molecule is Cn1c(=O)c2c(=O)n(-c3ccccc3)c(=O)[nH]c2n(C)c1=O. The molecule has 0 aliphatic heterocycles. The Morgan fingerprint density at radius 1 is 0.864 bits per heavy atom. The summed E-state index contributed by atoms with van der Waals surface area (Å²) in [5, 5.41) is -0.243. The first kappa shape index (κ1) is 13.8. The standard InChI is InChI=1S/C14H12N4O4/c1-16-10-9(11(19)17(2)14(16)22)12(20)18(13(21)15-10)8-6-4-3-5-7-8/h3-7H,1-2H3,(H,15,21). The van der Waals surface area contributed by atoms with E-state index in [0.717, 1.165) is 13.7 Å². The lowest BCUT2D eigenvalue weighted by atomic mass is 10.3. The zero-order valence-electron chi connectivity index (χ0n) is 11.9. The second-order valence-corrected chi connectivity index (χ2v) is 4.84. The van der Waals surface area contributed by atoms with Gasteiger partial charge in [-0.1, -0.05) is 18.2 Å². The third-order valence-electron chi connectivity index (χ3n) is 3.52. The summed E-state index contributed by atoms with van der Waals surface area (Å²) in [4.78, 5) is 51.3. The van der Waals surface area contributed by atoms with Crippen molar-refractivity contribution < 1.29 is 0 Å². The Bertz CT molecular complexity index is 1120. The Balaban J connectivity index is 2.62. The van der Waals surface area contributed by atoms with Crippen molar-refractivity contribution in [2.75, 3.05) is 0 Å². The molecule has 0 atom stereocenters. The third-order valence-corrected chi connectivity index (χ3v) is 3.52. The summed E-state index contributed by atoms with van der Waals surface area (Å²) in [5.74, 6) is 0. The summed E-state index contributed by atoms with van der Waals surface area (Å²) < 4.78 is 2.76. The fraction of sp³-hybridized carbons (Fsp3) is 0.143. The van der Waals surface area contributed by atoms with E-state index in [4.69, 9.17) is 0 Å². The summed E-state index contributed by atoms with van der Waals surface area (Å²) in [6.07, 6.45) is 0. The third kappa shape index (κ3) is 1.77. The average molecular weight is 300 g/mol. The number of hydrogen-bond donors (Lipinski definition) is 1. The molecule has 0 bridgehead atoms. The molecule has 2 heterocycles. The van der Waals surface area contributed by atoms with Crippen LogP contribution in [-0.2, 0) is 14.1 Å². The van der Waals surface area contributed by atoms with Gasteiger partial charge in [-0.15, -0.1) is 0 Å². The Morgan fingerprint density at radius 2 is 1.50 bits per heavy atom. The molecule has 1 N–H and O–H groups in total. The number of nitrogens with one attached hydrogen (secondary N) is 1. The number of para-hydroxylation sites is 1. The molecule has 0 amide bonds. The number of aromatic amines is 1. The lowest BCUT2D eigenvalue weighted by Crippen LogP contribution is -2.44. The van der Waals surface area contributed by atoms with Crippen molar-refractivity contribution in [1.29, 1.82) is 0 Å². The van der Waals surface area contributed by atoms with Crippen LogP contribution in [-0.4, -0.2) is 18.7 Å². The molecule has 0 saturated carbocycles. The van der Waals surface area contributed by atoms with Gasteiger partial charge in [0.2, 0.25) is 0 Å². The number of aromatic nitrogens is 4. The van der Waals surface area contributed by atoms with Gasteiger partial charge < -0.3 is 0 Å². The van der Waals surface area contributed by atoms with Gasteiger partial charge >= 0.3 is 11.4 Å². The van der Waals surface area contributed by atoms with Crippen molar-refractivity contribution >= 4 is 11.0 Å². The van der Waals surface area contributed by atoms with Gasteiger partial charge in [0.15, 0.2) is 0 Å². The number of aryl methyl sites for hydroxylation is 1. The molecule has 0 aliphatic carbocycles. The molecule has 0 saturated heterocycles. The first-order valence-electron chi connectivity index (χ1n) is 6.44. The number of hydrogen-bond acceptors (Lipinski definition) is 4. The summed E-state index contributed by atoms with van der Waals surface area (Å²) in [6, 6.07) is 8.24. The van der Waals surface area contributed by atoms with E-state index in [9.17, 15) is 19.2 Å². The van der Waals surface area contributed by atoms with Crippen molar-refractivity contribution in [3.8, 4) is 5.69 Å². The highest BCUT2D eigenvalue weighted by Gasteiger charge is 2.16. The molecule has 0 unspecified atom stereocenters. The normalized spacial score (nSPS) is 11.0. The van der Waals surface area contributed by atoms with Crippen molar-refractivity contribution in [3.05, 3.63) is 72.0 Å². The molecule has 112 valence electrons. The van der Waals surface area contributed by atoms with Gasteiger partial charge in [0.05, 0.1) is 5.69 Å². The summed E-state index contributed by atoms with van der Waals surface area (Å²) >= 11 is 0. The first-order valence-corrected chi connectivity index (χ1v) is 6.44. The maximum atomic E-state index is 12.6. The van der Waals surface area contributed by atoms with Crippen molar-refractivity contribution in [2.45, 2.75) is 0 Å². The molecule has 0 spiro atoms. The Hall–Kier alpha value is -3.16. The molecular formula is C14H12N4O4. The maximum Gasteiger partial charge on any atom is 0.334 e. The lowest BCUT2D eigenvalue weighted by molar-refractivity contribution is 0.699. The van der Waals surface area contributed by atoms with Crippen LogP contribution in [0.3, 0.4) is 0 Å². The van der Waals surface area contributed by atoms with Crippen LogP contribution < -0.4 is 22.5 Å². The van der Waals surface area contributed by atoms with Crippen LogP contribution in [0, 0.1) is 0 Å². The number of rotatable bonds is 1. The van der Waals surface area contributed by atoms with Crippen LogP contribution in [0.15, 0.2) is 49.5 Å². The second-order valence-electron chi connectivity index (χ2n) is 4.84. The minimum atomic E-state index is -0.763. The van der Waals surface area contributed by atoms with Gasteiger partial charge in [-0.2, -0.15) is 0 Å². The molecule has 2 aromatic heterocycles. The zero-order valence-corrected chi connectivity index (χ0v) is 11.9. The highest BCUT2D eigenvalue weighted by molar-refractivity contribution is 5.72. The van der Waals surface area contributed by atoms with E-state index in [1.807, 2.05) is 0 Å². The highest BCUT2D eigenvalue weighted by atomic mass is 16.2. The Morgan fingerprint density at radius 3 is 2.14 bits per heavy atom. The van der Waals surface area contributed by atoms with Crippen LogP contribution in [0.25, 0.3) is 16.7 Å². The monoisotopic (exact) mass is 300 g/mol. The van der Waals surface area contributed by atoms with Gasteiger partial charge in [0.25, 0.3) is 11.1 Å². The second kappa shape index (κ2) is 4.69. The molecule has 3 aromatic rings. The van der Waals surface area contributed by atoms with Crippen LogP contribution in [0.5, 0.6) is 0 Å². The van der Waals surface area contributed by atoms with Crippen molar-refractivity contribution in [3.63, 3.8) is 0 Å². The van der Waals surface area contributed by atoms with Crippen LogP contribution in [0.4, 0.5) is 0 Å². The predicted octanol–water partition coefficient (Wildman–Crippen LogP) is -0.924. The molecule has 0 radical (unpaired) electrons. The molecule has 1 aromatic carbocycles. The first-order chi connectivity index (χ1) is 10.4. The van der Waals surface area contributed by atoms with E-state index >= 15 is 0 Å². The predicted molar refractivity (Wildman–Crippen MR) is 80.6 cm³/mol. The van der Waals surface area contributed by atoms with E-state index in [1.54, 1.807) is 30.3 Å². The molecule has 22 heavy (non-hydrogen) atoms. The van der Waals surface area contributed by atoms with Crippen LogP contribution in [0.1, 0.15) is 0 Å². The van der Waals surface area contributed by atoms with Gasteiger partial charge in [0, 0.05) is 14.1 Å². The average Bonchev–Trinajstić information content (AvgIpc) is 2.51. The number of fused-ring (bicyclic) bond motifs is 1. The lowest BCUT2D eigenvalue weighted by Gasteiger charge is -2.09. The zero-order chi connectivity index (χ0) is 16.0. The van der Waals surface area contributed by atoms with Crippen LogP contribution >= 0.6 is 0 Å². The molecule has 8 heteroatoms. The Labute approximate surface area is 122 Å². The molecule has 0 aliphatic rings. The maximum absolute atomic E-state index is 12.6. The largest absolute Gasteiger partial charge is 0.334 e. The van der Waals surface area contributed by atoms with Gasteiger partial charge in [-0.05, 0) is 12.1 Å². The van der Waals surface area contributed by atoms with Gasteiger partial charge in [-0.3, -0.25) is 23.7 Å². The number of nitrogens with zero attached hydrogens (tertiary/aromatic N) is 3. The quantitative estimate of drug-likeness (QED) is 0.628. The summed E-state index contributed by atoms with van der Waals surface area (Å²) in [5.41, 5.74) is -2.59. The van der Waals surface area contributed by atoms with E-state index in [2.05, 4.69) is 4.98 Å². The van der Waals surface area contributed by atoms with Gasteiger partial charge in [-0.25, -0.2) is 14.2 Å². The van der Waals surface area contributed by atoms with E-state index < -0.39 is 22.5 Å². The summed E-state index contributed by atoms with van der Waals surface area (Å²) in [7, 11) is 2.66. The minimum absolute atomic E-state index is 0.0877. The highest BCUT2D eigenvalue weighted by Crippen LogP contribution is 2.02. The smallest absolute Gasteiger partial charge is 0.292 e. The topological polar surface area (TPSA) is 98.9 Å². The van der Waals surface area contributed by atoms with E-state index in [-0.39, 0.29) is 11.0 Å². The van der Waals surface area contributed by atoms with Gasteiger partial charge in [0.1, 0.15) is 11.0 Å². The van der Waals surface area contributed by atoms with E-state index in [0.29, 0.717) is 5.69 Å². The fourth-order valence-corrected chi connectivity index (χ4v) is 2.36. The minimum Gasteiger partial charge on any atom is -0.292 e. The number of H-pyrrole nitrogens is 1. The molecular weight excluding hydrogens is 288 g/mol. The number of benzene rings is 1. The molecule has 8 nitrogen and oxygen atoms in total. The Kier molecular flexibility index (Phi) is 2.94. The summed E-state index contributed by atoms with van der Waals surface area (Å²) in [6.45, 7) is 0. The van der Waals surface area contributed by atoms with E-state index in [1.165, 1.54) is 14.1 Å². The van der Waals surface area contributed by atoms with Crippen molar-refractivity contribution in [2.24, 2.45) is 14.1 Å². The molecule has 3 rings (SSSR count). The fourth-order valence-electron chi connectivity index (χ4n) is 2.36.